The van der Waals surface area contributed by atoms with Gasteiger partial charge in [-0.05, 0) is 49.6 Å². The van der Waals surface area contributed by atoms with E-state index in [1.165, 1.54) is 24.9 Å². The van der Waals surface area contributed by atoms with Crippen molar-refractivity contribution in [1.29, 1.82) is 0 Å². The third-order valence-corrected chi connectivity index (χ3v) is 5.55. The van der Waals surface area contributed by atoms with Crippen molar-refractivity contribution in [2.45, 2.75) is 31.3 Å². The number of halogens is 1. The molecule has 2 aromatic rings. The predicted octanol–water partition coefficient (Wildman–Crippen LogP) is 3.45. The Labute approximate surface area is 142 Å². The second kappa shape index (κ2) is 6.54. The van der Waals surface area contributed by atoms with E-state index in [-0.39, 0.29) is 0 Å². The molecule has 1 aliphatic heterocycles. The summed E-state index contributed by atoms with van der Waals surface area (Å²) in [7, 11) is 0. The van der Waals surface area contributed by atoms with Crippen LogP contribution in [0.2, 0.25) is 5.02 Å². The Morgan fingerprint density at radius 2 is 1.70 bits per heavy atom. The summed E-state index contributed by atoms with van der Waals surface area (Å²) in [4.78, 5) is 5.14. The topological polar surface area (TPSA) is 24.3 Å². The fraction of sp³-hybridized carbons (Fsp3) is 0.500. The van der Waals surface area contributed by atoms with Crippen LogP contribution in [0.1, 0.15) is 25.3 Å². The van der Waals surface area contributed by atoms with Gasteiger partial charge in [0.05, 0.1) is 6.04 Å². The normalized spacial score (nSPS) is 25.9. The van der Waals surface area contributed by atoms with Gasteiger partial charge in [-0.3, -0.25) is 9.58 Å². The highest BCUT2D eigenvalue weighted by atomic mass is 35.5. The van der Waals surface area contributed by atoms with Gasteiger partial charge in [0.1, 0.15) is 0 Å². The summed E-state index contributed by atoms with van der Waals surface area (Å²) >= 11 is 5.98. The first-order valence-electron chi connectivity index (χ1n) is 8.53. The van der Waals surface area contributed by atoms with Crippen LogP contribution in [0.15, 0.2) is 42.7 Å². The standard InChI is InChI=1S/C18H23ClN4/c19-15-2-4-16(5-3-15)21-10-12-22(13-11-21)17-6-7-18(14-17)23-9-1-8-20-23/h1-5,8-9,17-18H,6-7,10-14H2. The average molecular weight is 331 g/mol. The number of anilines is 1. The summed E-state index contributed by atoms with van der Waals surface area (Å²) in [5.41, 5.74) is 1.29. The molecule has 0 spiro atoms. The van der Waals surface area contributed by atoms with Gasteiger partial charge in [-0.1, -0.05) is 11.6 Å². The molecule has 23 heavy (non-hydrogen) atoms. The van der Waals surface area contributed by atoms with E-state index >= 15 is 0 Å². The van der Waals surface area contributed by atoms with E-state index < -0.39 is 0 Å². The lowest BCUT2D eigenvalue weighted by Crippen LogP contribution is -2.49. The molecule has 1 aliphatic carbocycles. The van der Waals surface area contributed by atoms with E-state index in [9.17, 15) is 0 Å². The molecule has 2 fully saturated rings. The highest BCUT2D eigenvalue weighted by Crippen LogP contribution is 2.33. The number of nitrogens with zero attached hydrogens (tertiary/aromatic N) is 4. The Bertz CT molecular complexity index is 617. The molecule has 2 unspecified atom stereocenters. The summed E-state index contributed by atoms with van der Waals surface area (Å²) in [6.45, 7) is 4.51. The lowest BCUT2D eigenvalue weighted by molar-refractivity contribution is 0.183. The quantitative estimate of drug-likeness (QED) is 0.861. The number of hydrogen-bond acceptors (Lipinski definition) is 3. The molecule has 2 aliphatic rings. The van der Waals surface area contributed by atoms with E-state index in [1.54, 1.807) is 0 Å². The largest absolute Gasteiger partial charge is 0.369 e. The van der Waals surface area contributed by atoms with Crippen molar-refractivity contribution in [3.8, 4) is 0 Å². The maximum absolute atomic E-state index is 5.98. The first kappa shape index (κ1) is 15.0. The first-order chi connectivity index (χ1) is 11.3. The number of hydrogen-bond donors (Lipinski definition) is 0. The average Bonchev–Trinajstić information content (AvgIpc) is 3.27. The molecular formula is C18H23ClN4. The molecule has 1 saturated heterocycles. The molecule has 0 radical (unpaired) electrons. The first-order valence-corrected chi connectivity index (χ1v) is 8.91. The fourth-order valence-corrected chi connectivity index (χ4v) is 4.13. The summed E-state index contributed by atoms with van der Waals surface area (Å²) in [6.07, 6.45) is 7.78. The van der Waals surface area contributed by atoms with E-state index in [1.807, 2.05) is 24.4 Å². The second-order valence-electron chi connectivity index (χ2n) is 6.61. The second-order valence-corrected chi connectivity index (χ2v) is 7.04. The summed E-state index contributed by atoms with van der Waals surface area (Å²) < 4.78 is 2.14. The molecule has 0 bridgehead atoms. The van der Waals surface area contributed by atoms with Crippen molar-refractivity contribution in [3.05, 3.63) is 47.7 Å². The van der Waals surface area contributed by atoms with Crippen LogP contribution in [-0.4, -0.2) is 46.9 Å². The Morgan fingerprint density at radius 1 is 0.957 bits per heavy atom. The lowest BCUT2D eigenvalue weighted by atomic mass is 10.1. The number of aromatic nitrogens is 2. The van der Waals surface area contributed by atoms with Gasteiger partial charge >= 0.3 is 0 Å². The minimum absolute atomic E-state index is 0.587. The Balaban J connectivity index is 1.32. The van der Waals surface area contributed by atoms with Crippen molar-refractivity contribution < 1.29 is 0 Å². The highest BCUT2D eigenvalue weighted by molar-refractivity contribution is 6.30. The smallest absolute Gasteiger partial charge is 0.0534 e. The van der Waals surface area contributed by atoms with Crippen LogP contribution < -0.4 is 4.90 Å². The predicted molar refractivity (Wildman–Crippen MR) is 94.1 cm³/mol. The molecule has 1 aromatic carbocycles. The lowest BCUT2D eigenvalue weighted by Gasteiger charge is -2.39. The molecule has 5 heteroatoms. The molecule has 1 aromatic heterocycles. The van der Waals surface area contributed by atoms with Gasteiger partial charge in [0.25, 0.3) is 0 Å². The zero-order valence-corrected chi connectivity index (χ0v) is 14.1. The van der Waals surface area contributed by atoms with E-state index in [0.717, 1.165) is 37.2 Å². The van der Waals surface area contributed by atoms with E-state index in [4.69, 9.17) is 11.6 Å². The maximum atomic E-state index is 5.98. The van der Waals surface area contributed by atoms with Crippen molar-refractivity contribution >= 4 is 17.3 Å². The van der Waals surface area contributed by atoms with Crippen LogP contribution in [0.4, 0.5) is 5.69 Å². The Morgan fingerprint density at radius 3 is 2.39 bits per heavy atom. The van der Waals surface area contributed by atoms with Gasteiger partial charge in [-0.15, -0.1) is 0 Å². The molecule has 1 saturated carbocycles. The van der Waals surface area contributed by atoms with Gasteiger partial charge in [-0.25, -0.2) is 0 Å². The van der Waals surface area contributed by atoms with E-state index in [0.29, 0.717) is 6.04 Å². The zero-order valence-electron chi connectivity index (χ0n) is 13.3. The van der Waals surface area contributed by atoms with Crippen LogP contribution in [0.5, 0.6) is 0 Å². The van der Waals surface area contributed by atoms with Crippen molar-refractivity contribution in [2.75, 3.05) is 31.1 Å². The summed E-state index contributed by atoms with van der Waals surface area (Å²) in [5.74, 6) is 0. The molecule has 0 amide bonds. The minimum atomic E-state index is 0.587. The van der Waals surface area contributed by atoms with Crippen molar-refractivity contribution in [1.82, 2.24) is 14.7 Å². The third-order valence-electron chi connectivity index (χ3n) is 5.30. The SMILES string of the molecule is Clc1ccc(N2CCN(C3CCC(n4cccn4)C3)CC2)cc1. The zero-order chi connectivity index (χ0) is 15.6. The van der Waals surface area contributed by atoms with Gasteiger partial charge < -0.3 is 4.90 Å². The number of rotatable bonds is 3. The van der Waals surface area contributed by atoms with Crippen LogP contribution in [0, 0.1) is 0 Å². The van der Waals surface area contributed by atoms with E-state index in [2.05, 4.69) is 37.9 Å². The number of piperazine rings is 1. The monoisotopic (exact) mass is 330 g/mol. The van der Waals surface area contributed by atoms with Crippen molar-refractivity contribution in [3.63, 3.8) is 0 Å². The summed E-state index contributed by atoms with van der Waals surface area (Å²) in [6, 6.07) is 11.5. The Kier molecular flexibility index (Phi) is 4.27. The van der Waals surface area contributed by atoms with Crippen LogP contribution in [-0.2, 0) is 0 Å². The Hall–Kier alpha value is -1.52. The molecule has 122 valence electrons. The molecule has 2 atom stereocenters. The summed E-state index contributed by atoms with van der Waals surface area (Å²) in [5, 5.41) is 5.22. The number of benzene rings is 1. The molecule has 4 rings (SSSR count). The highest BCUT2D eigenvalue weighted by Gasteiger charge is 2.32. The van der Waals surface area contributed by atoms with Gasteiger partial charge in [0.2, 0.25) is 0 Å². The van der Waals surface area contributed by atoms with Crippen molar-refractivity contribution in [2.24, 2.45) is 0 Å². The molecular weight excluding hydrogens is 308 g/mol. The fourth-order valence-electron chi connectivity index (χ4n) is 4.00. The van der Waals surface area contributed by atoms with Crippen LogP contribution >= 0.6 is 11.6 Å². The van der Waals surface area contributed by atoms with Gasteiger partial charge in [-0.2, -0.15) is 5.10 Å². The van der Waals surface area contributed by atoms with Gasteiger partial charge in [0.15, 0.2) is 0 Å². The van der Waals surface area contributed by atoms with Gasteiger partial charge in [0, 0.05) is 55.3 Å². The molecule has 0 N–H and O–H groups in total. The molecule has 4 nitrogen and oxygen atoms in total. The van der Waals surface area contributed by atoms with Crippen LogP contribution in [0.25, 0.3) is 0 Å². The van der Waals surface area contributed by atoms with Crippen LogP contribution in [0.3, 0.4) is 0 Å². The maximum Gasteiger partial charge on any atom is 0.0534 e. The minimum Gasteiger partial charge on any atom is -0.369 e. The molecule has 2 heterocycles. The third kappa shape index (κ3) is 3.24.